The molecule has 1 aromatic carbocycles. The van der Waals surface area contributed by atoms with E-state index >= 15 is 0 Å². The first-order valence-corrected chi connectivity index (χ1v) is 11.8. The lowest BCUT2D eigenvalue weighted by Crippen LogP contribution is -2.40. The Morgan fingerprint density at radius 3 is 3.00 bits per heavy atom. The fraction of sp³-hybridized carbons (Fsp3) is 0.400. The molecule has 2 aliphatic heterocycles. The monoisotopic (exact) mass is 475 g/mol. The number of nitrogens with one attached hydrogen (secondary N) is 1. The van der Waals surface area contributed by atoms with Gasteiger partial charge in [-0.15, -0.1) is 0 Å². The zero-order valence-corrected chi connectivity index (χ0v) is 19.7. The zero-order valence-electron chi connectivity index (χ0n) is 19.7. The third-order valence-electron chi connectivity index (χ3n) is 7.00. The van der Waals surface area contributed by atoms with E-state index in [9.17, 15) is 4.79 Å². The topological polar surface area (TPSA) is 102 Å². The molecule has 1 unspecified atom stereocenters. The van der Waals surface area contributed by atoms with Crippen molar-refractivity contribution in [2.45, 2.75) is 32.0 Å². The van der Waals surface area contributed by atoms with Crippen molar-refractivity contribution in [2.75, 3.05) is 25.6 Å². The number of anilines is 1. The Morgan fingerprint density at radius 1 is 1.34 bits per heavy atom. The van der Waals surface area contributed by atoms with Crippen LogP contribution in [0.1, 0.15) is 36.5 Å². The smallest absolute Gasteiger partial charge is 0.259 e. The number of aromatic nitrogens is 3. The van der Waals surface area contributed by atoms with Crippen molar-refractivity contribution in [1.82, 2.24) is 14.6 Å². The summed E-state index contributed by atoms with van der Waals surface area (Å²) in [6.45, 7) is 3.59. The van der Waals surface area contributed by atoms with E-state index in [1.54, 1.807) is 48.4 Å². The fourth-order valence-corrected chi connectivity index (χ4v) is 5.19. The third kappa shape index (κ3) is 3.98. The lowest BCUT2D eigenvalue weighted by molar-refractivity contribution is -0.425. The Hall–Kier alpha value is -3.63. The van der Waals surface area contributed by atoms with Crippen LogP contribution in [0.25, 0.3) is 11.8 Å². The summed E-state index contributed by atoms with van der Waals surface area (Å²) in [6, 6.07) is 5.38. The van der Waals surface area contributed by atoms with Crippen LogP contribution < -0.4 is 20.6 Å². The molecule has 1 amide bonds. The number of methoxy groups -OCH3 is 1. The Bertz CT molecular complexity index is 1460. The molecule has 1 saturated carbocycles. The van der Waals surface area contributed by atoms with E-state index in [0.29, 0.717) is 47.7 Å². The van der Waals surface area contributed by atoms with Gasteiger partial charge < -0.3 is 19.5 Å². The van der Waals surface area contributed by atoms with Gasteiger partial charge in [0.15, 0.2) is 17.6 Å². The molecule has 3 aliphatic rings. The number of hydrogen-bond donors (Lipinski definition) is 1. The molecule has 0 bridgehead atoms. The first kappa shape index (κ1) is 21.9. The molecule has 2 fully saturated rings. The molecule has 3 aromatic rings. The summed E-state index contributed by atoms with van der Waals surface area (Å²) in [7, 11) is 1.55. The third-order valence-corrected chi connectivity index (χ3v) is 7.00. The highest BCUT2D eigenvalue weighted by molar-refractivity contribution is 6.07. The Balaban J connectivity index is 1.26. The van der Waals surface area contributed by atoms with Crippen LogP contribution >= 0.6 is 0 Å². The highest BCUT2D eigenvalue weighted by Crippen LogP contribution is 2.40. The van der Waals surface area contributed by atoms with Crippen LogP contribution in [0, 0.1) is 11.8 Å². The van der Waals surface area contributed by atoms with Crippen molar-refractivity contribution in [3.8, 4) is 5.75 Å². The summed E-state index contributed by atoms with van der Waals surface area (Å²) < 4.78 is 20.8. The first-order chi connectivity index (χ1) is 17.0. The number of fused-ring (bicyclic) bond motifs is 2. The number of carbonyl (C=O) groups is 1. The quantitative estimate of drug-likeness (QED) is 0.575. The standard InChI is InChI=1S/C25H26N6O4/c1-16-12-25(34-8-9-35-25)5-4-17(16)14-30-15-18-10-19(22(33-2)11-20(18)29-30)24(32)28-21-13-27-31-7-3-6-26-23(21)31/h3,6-7,10-11,13-17H,4-5,8-9,12H2,1-2H3/p+1/b30-14+/t16-,17?/m0/s1. The first-order valence-electron chi connectivity index (χ1n) is 11.8. The summed E-state index contributed by atoms with van der Waals surface area (Å²) in [6.07, 6.45) is 11.9. The lowest BCUT2D eigenvalue weighted by atomic mass is 9.78. The van der Waals surface area contributed by atoms with Gasteiger partial charge in [0.1, 0.15) is 16.8 Å². The van der Waals surface area contributed by atoms with E-state index in [4.69, 9.17) is 19.3 Å². The molecule has 4 heterocycles. The zero-order chi connectivity index (χ0) is 24.0. The van der Waals surface area contributed by atoms with Gasteiger partial charge in [0.2, 0.25) is 6.20 Å². The van der Waals surface area contributed by atoms with Crippen LogP contribution in [0.2, 0.25) is 0 Å². The summed E-state index contributed by atoms with van der Waals surface area (Å²) in [4.78, 5) is 17.4. The molecule has 0 radical (unpaired) electrons. The normalized spacial score (nSPS) is 23.8. The number of amides is 1. The summed E-state index contributed by atoms with van der Waals surface area (Å²) in [5, 5.41) is 13.5. The molecule has 1 saturated heterocycles. The van der Waals surface area contributed by atoms with Gasteiger partial charge in [-0.05, 0) is 24.5 Å². The predicted octanol–water partition coefficient (Wildman–Crippen LogP) is 1.54. The van der Waals surface area contributed by atoms with Crippen LogP contribution in [-0.4, -0.2) is 57.5 Å². The lowest BCUT2D eigenvalue weighted by Gasteiger charge is -2.37. The van der Waals surface area contributed by atoms with Gasteiger partial charge in [0, 0.05) is 42.3 Å². The largest absolute Gasteiger partial charge is 0.496 e. The van der Waals surface area contributed by atoms with E-state index in [-0.39, 0.29) is 5.91 Å². The van der Waals surface area contributed by atoms with Crippen LogP contribution in [0.5, 0.6) is 5.75 Å². The fourth-order valence-electron chi connectivity index (χ4n) is 5.19. The summed E-state index contributed by atoms with van der Waals surface area (Å²) in [5.74, 6) is 0.516. The van der Waals surface area contributed by atoms with Crippen molar-refractivity contribution in [1.29, 1.82) is 0 Å². The molecule has 1 spiro atoms. The minimum Gasteiger partial charge on any atom is -0.496 e. The molecular formula is C25H27N6O4+. The van der Waals surface area contributed by atoms with Crippen molar-refractivity contribution < 1.29 is 23.7 Å². The van der Waals surface area contributed by atoms with Crippen LogP contribution in [0.4, 0.5) is 5.69 Å². The van der Waals surface area contributed by atoms with Gasteiger partial charge in [-0.25, -0.2) is 9.50 Å². The molecule has 1 aliphatic carbocycles. The molecule has 10 heteroatoms. The Morgan fingerprint density at radius 2 is 2.20 bits per heavy atom. The maximum Gasteiger partial charge on any atom is 0.259 e. The van der Waals surface area contributed by atoms with E-state index in [1.807, 2.05) is 10.9 Å². The predicted molar refractivity (Wildman–Crippen MR) is 127 cm³/mol. The van der Waals surface area contributed by atoms with Crippen LogP contribution in [0.15, 0.2) is 41.9 Å². The number of ether oxygens (including phenoxy) is 3. The molecule has 2 aromatic heterocycles. The minimum atomic E-state index is -0.398. The second kappa shape index (κ2) is 8.54. The van der Waals surface area contributed by atoms with Gasteiger partial charge in [0.25, 0.3) is 5.91 Å². The molecule has 2 atom stereocenters. The van der Waals surface area contributed by atoms with E-state index < -0.39 is 5.79 Å². The van der Waals surface area contributed by atoms with E-state index in [1.165, 1.54) is 0 Å². The molecule has 6 rings (SSSR count). The number of benzene rings is 1. The van der Waals surface area contributed by atoms with Crippen molar-refractivity contribution >= 4 is 29.7 Å². The second-order valence-corrected chi connectivity index (χ2v) is 9.26. The Kier molecular flexibility index (Phi) is 5.34. The van der Waals surface area contributed by atoms with Gasteiger partial charge in [-0.3, -0.25) is 4.79 Å². The molecular weight excluding hydrogens is 448 g/mol. The van der Waals surface area contributed by atoms with Crippen molar-refractivity contribution in [3.05, 3.63) is 52.9 Å². The molecule has 180 valence electrons. The van der Waals surface area contributed by atoms with Gasteiger partial charge in [0.05, 0.1) is 37.3 Å². The summed E-state index contributed by atoms with van der Waals surface area (Å²) in [5.41, 5.74) is 1.51. The second-order valence-electron chi connectivity index (χ2n) is 9.26. The number of carbonyl (C=O) groups excluding carboxylic acids is 1. The minimum absolute atomic E-state index is 0.302. The van der Waals surface area contributed by atoms with E-state index in [0.717, 1.165) is 29.8 Å². The number of rotatable bonds is 4. The van der Waals surface area contributed by atoms with Gasteiger partial charge in [-0.2, -0.15) is 5.10 Å². The maximum atomic E-state index is 13.2. The van der Waals surface area contributed by atoms with Crippen LogP contribution in [0.3, 0.4) is 0 Å². The number of hydrogen-bond acceptors (Lipinski definition) is 7. The van der Waals surface area contributed by atoms with Gasteiger partial charge in [-0.1, -0.05) is 11.6 Å². The average Bonchev–Trinajstić information content (AvgIpc) is 3.59. The number of nitrogens with zero attached hydrogens (tertiary/aromatic N) is 5. The SMILES string of the molecule is COc1cc2c(cc1C(=O)Nc1cnn3cccnc13)=C/[N+](=C\C1CCC3(C[C@@H]1C)OCCO3)N=2. The van der Waals surface area contributed by atoms with E-state index in [2.05, 4.69) is 28.5 Å². The van der Waals surface area contributed by atoms with Crippen LogP contribution in [-0.2, 0) is 9.47 Å². The van der Waals surface area contributed by atoms with Crippen molar-refractivity contribution in [3.63, 3.8) is 0 Å². The highest BCUT2D eigenvalue weighted by Gasteiger charge is 2.44. The van der Waals surface area contributed by atoms with Gasteiger partial charge >= 0.3 is 0 Å². The highest BCUT2D eigenvalue weighted by atomic mass is 16.7. The average molecular weight is 476 g/mol. The molecule has 10 nitrogen and oxygen atoms in total. The van der Waals surface area contributed by atoms with Crippen molar-refractivity contribution in [2.24, 2.45) is 16.9 Å². The summed E-state index contributed by atoms with van der Waals surface area (Å²) >= 11 is 0. The maximum absolute atomic E-state index is 13.2. The molecule has 35 heavy (non-hydrogen) atoms. The Labute approximate surface area is 201 Å². The molecule has 1 N–H and O–H groups in total.